The summed E-state index contributed by atoms with van der Waals surface area (Å²) in [5.41, 5.74) is 2.78. The van der Waals surface area contributed by atoms with Gasteiger partial charge in [-0.05, 0) is 50.2 Å². The van der Waals surface area contributed by atoms with E-state index in [1.165, 1.54) is 24.0 Å². The third-order valence-corrected chi connectivity index (χ3v) is 2.92. The van der Waals surface area contributed by atoms with E-state index in [1.54, 1.807) is 0 Å². The predicted molar refractivity (Wildman–Crippen MR) is 63.4 cm³/mol. The minimum Gasteiger partial charge on any atom is -0.494 e. The minimum atomic E-state index is 0.348. The van der Waals surface area contributed by atoms with Gasteiger partial charge in [-0.15, -0.1) is 0 Å². The largest absolute Gasteiger partial charge is 0.494 e. The van der Waals surface area contributed by atoms with Crippen molar-refractivity contribution in [2.45, 2.75) is 38.5 Å². The number of rotatable bonds is 4. The molecule has 1 radical (unpaired) electrons. The Balaban J connectivity index is 2.40. The van der Waals surface area contributed by atoms with Crippen molar-refractivity contribution in [1.29, 1.82) is 0 Å². The summed E-state index contributed by atoms with van der Waals surface area (Å²) < 4.78 is 5.70. The van der Waals surface area contributed by atoms with Gasteiger partial charge in [0.15, 0.2) is 0 Å². The van der Waals surface area contributed by atoms with Crippen molar-refractivity contribution in [3.05, 3.63) is 36.2 Å². The Labute approximate surface area is 92.5 Å². The Morgan fingerprint density at radius 3 is 2.73 bits per heavy atom. The molecule has 15 heavy (non-hydrogen) atoms. The molecule has 0 spiro atoms. The van der Waals surface area contributed by atoms with Gasteiger partial charge in [0.05, 0.1) is 6.61 Å². The van der Waals surface area contributed by atoms with Gasteiger partial charge in [0.1, 0.15) is 5.75 Å². The highest BCUT2D eigenvalue weighted by molar-refractivity contribution is 5.46. The molecule has 1 saturated carbocycles. The van der Waals surface area contributed by atoms with Gasteiger partial charge in [0, 0.05) is 5.56 Å². The van der Waals surface area contributed by atoms with Crippen molar-refractivity contribution in [1.82, 2.24) is 0 Å². The molecule has 1 aliphatic rings. The van der Waals surface area contributed by atoms with Crippen LogP contribution in [0.4, 0.5) is 0 Å². The molecule has 1 aromatic rings. The average molecular weight is 203 g/mol. The van der Waals surface area contributed by atoms with Gasteiger partial charge in [0.25, 0.3) is 0 Å². The van der Waals surface area contributed by atoms with Gasteiger partial charge in [-0.25, -0.2) is 0 Å². The third-order valence-electron chi connectivity index (χ3n) is 2.92. The molecule has 0 aromatic heterocycles. The highest BCUT2D eigenvalue weighted by atomic mass is 16.5. The highest BCUT2D eigenvalue weighted by Gasteiger charge is 2.29. The molecule has 1 atom stereocenters. The molecule has 0 aliphatic heterocycles. The molecule has 1 unspecified atom stereocenters. The quantitative estimate of drug-likeness (QED) is 0.721. The molecule has 0 N–H and O–H groups in total. The van der Waals surface area contributed by atoms with Crippen LogP contribution in [0, 0.1) is 6.92 Å². The van der Waals surface area contributed by atoms with E-state index in [9.17, 15) is 0 Å². The second-order valence-corrected chi connectivity index (χ2v) is 4.37. The maximum atomic E-state index is 5.70. The van der Waals surface area contributed by atoms with Crippen molar-refractivity contribution in [3.8, 4) is 5.75 Å². The van der Waals surface area contributed by atoms with Crippen LogP contribution in [0.25, 0.3) is 0 Å². The van der Waals surface area contributed by atoms with Gasteiger partial charge < -0.3 is 4.74 Å². The molecule has 0 heterocycles. The van der Waals surface area contributed by atoms with Crippen LogP contribution >= 0.6 is 0 Å². The first-order chi connectivity index (χ1) is 7.24. The van der Waals surface area contributed by atoms with Crippen molar-refractivity contribution in [2.24, 2.45) is 0 Å². The molecule has 1 aliphatic carbocycles. The zero-order valence-electron chi connectivity index (χ0n) is 9.62. The van der Waals surface area contributed by atoms with Crippen molar-refractivity contribution < 1.29 is 4.74 Å². The smallest absolute Gasteiger partial charge is 0.123 e. The summed E-state index contributed by atoms with van der Waals surface area (Å²) in [6.07, 6.45) is 2.62. The zero-order chi connectivity index (χ0) is 10.8. The average Bonchev–Trinajstić information content (AvgIpc) is 3.01. The first-order valence-corrected chi connectivity index (χ1v) is 5.82. The van der Waals surface area contributed by atoms with E-state index in [-0.39, 0.29) is 0 Å². The van der Waals surface area contributed by atoms with E-state index in [1.807, 2.05) is 6.92 Å². The molecule has 0 bridgehead atoms. The van der Waals surface area contributed by atoms with Crippen LogP contribution in [-0.2, 0) is 0 Å². The minimum absolute atomic E-state index is 0.348. The van der Waals surface area contributed by atoms with Crippen LogP contribution in [-0.4, -0.2) is 6.61 Å². The molecule has 0 amide bonds. The molecule has 81 valence electrons. The summed E-state index contributed by atoms with van der Waals surface area (Å²) >= 11 is 0. The van der Waals surface area contributed by atoms with E-state index < -0.39 is 0 Å². The molecule has 0 saturated heterocycles. The van der Waals surface area contributed by atoms with E-state index in [0.29, 0.717) is 5.92 Å². The van der Waals surface area contributed by atoms with E-state index in [4.69, 9.17) is 4.74 Å². The standard InChI is InChI=1S/C14H19O/c1-4-15-13-7-5-6-12(10(2)3)14(13)11-8-9-11/h5-7,10-11H,2,4,8-9H2,1,3H3. The lowest BCUT2D eigenvalue weighted by Gasteiger charge is -2.16. The fraction of sp³-hybridized carbons (Fsp3) is 0.500. The Bertz CT molecular complexity index is 337. The lowest BCUT2D eigenvalue weighted by Crippen LogP contribution is -2.01. The van der Waals surface area contributed by atoms with Gasteiger partial charge in [-0.3, -0.25) is 0 Å². The molecular weight excluding hydrogens is 184 g/mol. The summed E-state index contributed by atoms with van der Waals surface area (Å²) in [5.74, 6) is 2.15. The van der Waals surface area contributed by atoms with Crippen molar-refractivity contribution in [2.75, 3.05) is 6.61 Å². The monoisotopic (exact) mass is 203 g/mol. The molecule has 1 heteroatoms. The third kappa shape index (κ3) is 2.17. The predicted octanol–water partition coefficient (Wildman–Crippen LogP) is 3.90. The fourth-order valence-electron chi connectivity index (χ4n) is 2.08. The summed E-state index contributed by atoms with van der Waals surface area (Å²) in [6, 6.07) is 6.35. The molecule has 1 aromatic carbocycles. The van der Waals surface area contributed by atoms with Crippen LogP contribution in [0.3, 0.4) is 0 Å². The van der Waals surface area contributed by atoms with Crippen molar-refractivity contribution in [3.63, 3.8) is 0 Å². The maximum absolute atomic E-state index is 5.70. The lowest BCUT2D eigenvalue weighted by atomic mass is 9.93. The van der Waals surface area contributed by atoms with Gasteiger partial charge in [-0.1, -0.05) is 19.1 Å². The zero-order valence-corrected chi connectivity index (χ0v) is 9.62. The van der Waals surface area contributed by atoms with Gasteiger partial charge in [0.2, 0.25) is 0 Å². The number of hydrogen-bond donors (Lipinski definition) is 0. The van der Waals surface area contributed by atoms with Crippen LogP contribution in [0.2, 0.25) is 0 Å². The topological polar surface area (TPSA) is 9.23 Å². The maximum Gasteiger partial charge on any atom is 0.123 e. The first kappa shape index (κ1) is 10.5. The number of ether oxygens (including phenoxy) is 1. The molecule has 1 fully saturated rings. The van der Waals surface area contributed by atoms with E-state index in [2.05, 4.69) is 32.0 Å². The van der Waals surface area contributed by atoms with Crippen LogP contribution in [0.15, 0.2) is 18.2 Å². The summed E-state index contributed by atoms with van der Waals surface area (Å²) in [4.78, 5) is 0. The number of hydrogen-bond acceptors (Lipinski definition) is 1. The van der Waals surface area contributed by atoms with E-state index >= 15 is 0 Å². The van der Waals surface area contributed by atoms with Gasteiger partial charge >= 0.3 is 0 Å². The summed E-state index contributed by atoms with van der Waals surface area (Å²) in [6.45, 7) is 9.06. The van der Waals surface area contributed by atoms with Crippen LogP contribution < -0.4 is 4.74 Å². The molecular formula is C14H19O. The summed E-state index contributed by atoms with van der Waals surface area (Å²) in [7, 11) is 0. The molecule has 2 rings (SSSR count). The number of benzene rings is 1. The second kappa shape index (κ2) is 4.26. The van der Waals surface area contributed by atoms with Crippen molar-refractivity contribution >= 4 is 0 Å². The first-order valence-electron chi connectivity index (χ1n) is 5.82. The summed E-state index contributed by atoms with van der Waals surface area (Å²) in [5, 5.41) is 0. The fourth-order valence-corrected chi connectivity index (χ4v) is 2.08. The molecule has 1 nitrogen and oxygen atoms in total. The SMILES string of the molecule is [CH2]C(C)c1cccc(OCC)c1C1CC1. The normalized spacial score (nSPS) is 15.7. The second-order valence-electron chi connectivity index (χ2n) is 4.37. The van der Waals surface area contributed by atoms with Crippen LogP contribution in [0.1, 0.15) is 49.7 Å². The lowest BCUT2D eigenvalue weighted by molar-refractivity contribution is 0.336. The Hall–Kier alpha value is -0.980. The highest BCUT2D eigenvalue weighted by Crippen LogP contribution is 2.47. The van der Waals surface area contributed by atoms with Gasteiger partial charge in [-0.2, -0.15) is 0 Å². The van der Waals surface area contributed by atoms with Crippen LogP contribution in [0.5, 0.6) is 5.75 Å². The Kier molecular flexibility index (Phi) is 2.99. The van der Waals surface area contributed by atoms with E-state index in [0.717, 1.165) is 18.3 Å². The Morgan fingerprint density at radius 1 is 1.47 bits per heavy atom. The Morgan fingerprint density at radius 2 is 2.20 bits per heavy atom.